The number of esters is 1. The number of benzene rings is 2. The van der Waals surface area contributed by atoms with Crippen LogP contribution in [0.1, 0.15) is 58.3 Å². The Hall–Kier alpha value is -5.40. The molecule has 264 valence electrons. The van der Waals surface area contributed by atoms with Crippen molar-refractivity contribution in [2.24, 2.45) is 0 Å². The van der Waals surface area contributed by atoms with Crippen molar-refractivity contribution >= 4 is 18.2 Å². The Labute approximate surface area is 284 Å². The second kappa shape index (κ2) is 20.8. The molecule has 0 fully saturated rings. The maximum Gasteiger partial charge on any atom is 0.412 e. The van der Waals surface area contributed by atoms with Gasteiger partial charge in [0, 0.05) is 31.8 Å². The molecule has 0 radical (unpaired) electrons. The molecular weight excluding hydrogens is 634 g/mol. The van der Waals surface area contributed by atoms with Crippen LogP contribution in [0, 0.1) is 0 Å². The summed E-state index contributed by atoms with van der Waals surface area (Å²) in [4.78, 5) is 75.5. The molecule has 14 heteroatoms. The van der Waals surface area contributed by atoms with Gasteiger partial charge in [0.25, 0.3) is 0 Å². The largest absolute Gasteiger partial charge is 0.460 e. The van der Waals surface area contributed by atoms with Crippen LogP contribution in [0.15, 0.2) is 87.2 Å². The first kappa shape index (κ1) is 38.1. The Kier molecular flexibility index (Phi) is 16.1. The number of rotatable bonds is 20. The summed E-state index contributed by atoms with van der Waals surface area (Å²) >= 11 is 0. The molecule has 14 nitrogen and oxygen atoms in total. The van der Waals surface area contributed by atoms with Crippen LogP contribution >= 0.6 is 0 Å². The number of aromatic nitrogens is 3. The molecule has 2 amide bonds. The van der Waals surface area contributed by atoms with Crippen molar-refractivity contribution < 1.29 is 28.6 Å². The Morgan fingerprint density at radius 2 is 0.980 bits per heavy atom. The lowest BCUT2D eigenvalue weighted by atomic mass is 10.2. The van der Waals surface area contributed by atoms with Gasteiger partial charge in [-0.25, -0.2) is 42.5 Å². The van der Waals surface area contributed by atoms with Crippen LogP contribution in [-0.2, 0) is 29.2 Å². The third-order valence-corrected chi connectivity index (χ3v) is 7.35. The van der Waals surface area contributed by atoms with E-state index in [4.69, 9.17) is 14.2 Å². The lowest BCUT2D eigenvalue weighted by Crippen LogP contribution is -2.55. The summed E-state index contributed by atoms with van der Waals surface area (Å²) in [5.41, 5.74) is -2.05. The number of carbonyl (C=O) groups is 3. The zero-order chi connectivity index (χ0) is 35.4. The van der Waals surface area contributed by atoms with E-state index < -0.39 is 35.2 Å². The molecule has 3 rings (SSSR count). The van der Waals surface area contributed by atoms with Gasteiger partial charge in [-0.05, 0) is 56.9 Å². The molecule has 1 aromatic heterocycles. The van der Waals surface area contributed by atoms with Gasteiger partial charge in [-0.1, -0.05) is 68.7 Å². The minimum atomic E-state index is -0.767. The Morgan fingerprint density at radius 3 is 1.39 bits per heavy atom. The lowest BCUT2D eigenvalue weighted by molar-refractivity contribution is -0.139. The monoisotopic (exact) mass is 679 g/mol. The highest BCUT2D eigenvalue weighted by molar-refractivity contribution is 5.86. The first-order chi connectivity index (χ1) is 23.7. The van der Waals surface area contributed by atoms with Crippen molar-refractivity contribution in [3.8, 4) is 11.5 Å². The summed E-state index contributed by atoms with van der Waals surface area (Å²) in [5, 5.41) is 5.38. The number of carbonyl (C=O) groups excluding carboxylic acids is 3. The number of hydrogen-bond acceptors (Lipinski definition) is 9. The van der Waals surface area contributed by atoms with Crippen molar-refractivity contribution in [2.45, 2.75) is 77.9 Å². The molecule has 3 aromatic rings. The van der Waals surface area contributed by atoms with Gasteiger partial charge in [0.2, 0.25) is 0 Å². The highest BCUT2D eigenvalue weighted by Crippen LogP contribution is 2.09. The second-order valence-corrected chi connectivity index (χ2v) is 11.3. The summed E-state index contributed by atoms with van der Waals surface area (Å²) in [6.07, 6.45) is 4.02. The predicted octanol–water partition coefficient (Wildman–Crippen LogP) is 3.99. The minimum Gasteiger partial charge on any atom is -0.460 e. The maximum absolute atomic E-state index is 13.3. The van der Waals surface area contributed by atoms with E-state index in [9.17, 15) is 28.8 Å². The Bertz CT molecular complexity index is 1590. The lowest BCUT2D eigenvalue weighted by Gasteiger charge is -2.14. The van der Waals surface area contributed by atoms with E-state index >= 15 is 0 Å². The quantitative estimate of drug-likeness (QED) is 0.102. The zero-order valence-corrected chi connectivity index (χ0v) is 27.9. The first-order valence-electron chi connectivity index (χ1n) is 16.5. The minimum absolute atomic E-state index is 0.0950. The van der Waals surface area contributed by atoms with Crippen molar-refractivity contribution in [3.63, 3.8) is 0 Å². The molecular formula is C35H45N5O9. The van der Waals surface area contributed by atoms with Gasteiger partial charge in [-0.15, -0.1) is 0 Å². The van der Waals surface area contributed by atoms with Gasteiger partial charge in [-0.2, -0.15) is 0 Å². The van der Waals surface area contributed by atoms with Crippen LogP contribution in [0.2, 0.25) is 0 Å². The fraction of sp³-hybridized carbons (Fsp3) is 0.429. The number of hydrogen-bond donors (Lipinski definition) is 2. The standard InChI is InChI=1S/C35H45N5O9/c1-27(2)30(41)47-26-25-40-34(45)38(23-15-5-3-13-21-36-31(42)48-28-17-9-7-10-18-28)33(44)39(35(40)46)24-16-6-4-14-22-37-32(43)49-29-19-11-8-12-20-29/h7-12,17-20H,1,3-6,13-16,21-26H2,2H3,(H,36,42)(H,37,43). The van der Waals surface area contributed by atoms with E-state index in [1.165, 1.54) is 6.92 Å². The fourth-order valence-electron chi connectivity index (χ4n) is 4.75. The summed E-state index contributed by atoms with van der Waals surface area (Å²) in [7, 11) is 0. The summed E-state index contributed by atoms with van der Waals surface area (Å²) in [6.45, 7) is 5.55. The SMILES string of the molecule is C=C(C)C(=O)OCCn1c(=O)n(CCCCCCNC(=O)Oc2ccccc2)c(=O)n(CCCCCCNC(=O)Oc2ccccc2)c1=O. The van der Waals surface area contributed by atoms with Gasteiger partial charge < -0.3 is 24.8 Å². The number of ether oxygens (including phenoxy) is 3. The van der Waals surface area contributed by atoms with E-state index in [1.54, 1.807) is 48.5 Å². The predicted molar refractivity (Wildman–Crippen MR) is 183 cm³/mol. The molecule has 2 N–H and O–H groups in total. The smallest absolute Gasteiger partial charge is 0.412 e. The van der Waals surface area contributed by atoms with Crippen LogP contribution in [0.4, 0.5) is 9.59 Å². The third-order valence-electron chi connectivity index (χ3n) is 7.35. The molecule has 0 saturated carbocycles. The van der Waals surface area contributed by atoms with Crippen molar-refractivity contribution in [3.05, 3.63) is 104 Å². The van der Waals surface area contributed by atoms with Crippen molar-refractivity contribution in [1.29, 1.82) is 0 Å². The second-order valence-electron chi connectivity index (χ2n) is 11.3. The van der Waals surface area contributed by atoms with Crippen LogP contribution < -0.4 is 37.2 Å². The van der Waals surface area contributed by atoms with Gasteiger partial charge in [0.15, 0.2) is 0 Å². The molecule has 0 aliphatic heterocycles. The molecule has 0 saturated heterocycles. The van der Waals surface area contributed by atoms with Crippen molar-refractivity contribution in [1.82, 2.24) is 24.3 Å². The number of unbranched alkanes of at least 4 members (excludes halogenated alkanes) is 6. The summed E-state index contributed by atoms with van der Waals surface area (Å²) in [6, 6.07) is 17.4. The van der Waals surface area contributed by atoms with E-state index in [-0.39, 0.29) is 31.8 Å². The van der Waals surface area contributed by atoms with Gasteiger partial charge in [0.1, 0.15) is 18.1 Å². The van der Waals surface area contributed by atoms with Crippen molar-refractivity contribution in [2.75, 3.05) is 19.7 Å². The van der Waals surface area contributed by atoms with Crippen LogP contribution in [-0.4, -0.2) is 51.6 Å². The van der Waals surface area contributed by atoms with E-state index in [0.29, 0.717) is 63.1 Å². The van der Waals surface area contributed by atoms with Gasteiger partial charge >= 0.3 is 35.2 Å². The molecule has 2 aromatic carbocycles. The molecule has 0 aliphatic carbocycles. The van der Waals surface area contributed by atoms with Crippen LogP contribution in [0.25, 0.3) is 0 Å². The van der Waals surface area contributed by atoms with E-state index in [0.717, 1.165) is 26.5 Å². The molecule has 1 heterocycles. The Balaban J connectivity index is 1.50. The van der Waals surface area contributed by atoms with Crippen LogP contribution in [0.3, 0.4) is 0 Å². The molecule has 0 unspecified atom stereocenters. The molecule has 0 bridgehead atoms. The molecule has 0 aliphatic rings. The summed E-state index contributed by atoms with van der Waals surface area (Å²) in [5.74, 6) is 0.247. The number of nitrogens with zero attached hydrogens (tertiary/aromatic N) is 3. The molecule has 0 spiro atoms. The number of amides is 2. The summed E-state index contributed by atoms with van der Waals surface area (Å²) < 4.78 is 18.5. The highest BCUT2D eigenvalue weighted by Gasteiger charge is 2.16. The van der Waals surface area contributed by atoms with E-state index in [1.807, 2.05) is 12.1 Å². The van der Waals surface area contributed by atoms with Gasteiger partial charge in [-0.3, -0.25) is 0 Å². The molecule has 49 heavy (non-hydrogen) atoms. The average Bonchev–Trinajstić information content (AvgIpc) is 3.08. The number of nitrogens with one attached hydrogen (secondary N) is 2. The maximum atomic E-state index is 13.3. The Morgan fingerprint density at radius 1 is 0.592 bits per heavy atom. The van der Waals surface area contributed by atoms with Crippen LogP contribution in [0.5, 0.6) is 11.5 Å². The number of para-hydroxylation sites is 2. The topological polar surface area (TPSA) is 169 Å². The fourth-order valence-corrected chi connectivity index (χ4v) is 4.75. The zero-order valence-electron chi connectivity index (χ0n) is 27.9. The highest BCUT2D eigenvalue weighted by atomic mass is 16.6. The first-order valence-corrected chi connectivity index (χ1v) is 16.5. The van der Waals surface area contributed by atoms with Gasteiger partial charge in [0.05, 0.1) is 6.54 Å². The third kappa shape index (κ3) is 13.3. The average molecular weight is 680 g/mol. The molecule has 0 atom stereocenters. The van der Waals surface area contributed by atoms with E-state index in [2.05, 4.69) is 17.2 Å². The normalized spacial score (nSPS) is 10.6.